The molecule has 236 valence electrons. The first-order chi connectivity index (χ1) is 20.9. The molecule has 3 aromatic rings. The topological polar surface area (TPSA) is 172 Å². The average Bonchev–Trinajstić information content (AvgIpc) is 3.34. The normalized spacial score (nSPS) is 12.0. The lowest BCUT2D eigenvalue weighted by Gasteiger charge is -2.18. The van der Waals surface area contributed by atoms with Gasteiger partial charge in [0.15, 0.2) is 0 Å². The van der Waals surface area contributed by atoms with Crippen molar-refractivity contribution < 1.29 is 34.1 Å². The van der Waals surface area contributed by atoms with Gasteiger partial charge >= 0.3 is 12.2 Å². The van der Waals surface area contributed by atoms with Gasteiger partial charge in [0.2, 0.25) is 11.8 Å². The second-order valence-corrected chi connectivity index (χ2v) is 10.8. The van der Waals surface area contributed by atoms with Crippen LogP contribution in [0.25, 0.3) is 10.9 Å². The summed E-state index contributed by atoms with van der Waals surface area (Å²) in [6.07, 6.45) is 3.30. The number of para-hydroxylation sites is 1. The van der Waals surface area contributed by atoms with Gasteiger partial charge in [0.05, 0.1) is 24.4 Å². The second-order valence-electron chi connectivity index (χ2n) is 10.8. The van der Waals surface area contributed by atoms with Crippen LogP contribution in [0.3, 0.4) is 0 Å². The summed E-state index contributed by atoms with van der Waals surface area (Å²) in [6, 6.07) is 9.14. The smallest absolute Gasteiger partial charge is 0.416 e. The summed E-state index contributed by atoms with van der Waals surface area (Å²) >= 11 is 0. The largest absolute Gasteiger partial charge is 0.464 e. The molecule has 0 saturated heterocycles. The van der Waals surface area contributed by atoms with Gasteiger partial charge in [-0.2, -0.15) is 0 Å². The number of fused-ring (bicyclic) bond motifs is 1. The quantitative estimate of drug-likeness (QED) is 0.214. The lowest BCUT2D eigenvalue weighted by molar-refractivity contribution is -0.123. The molecule has 0 fully saturated rings. The SMILES string of the molecule is CC(C)Cc1cccc2cc(Cn3cccc(NC(=O)C(CCC=CC(=O)N(C)C)NC(=O)OCCO)c3=O)n(C(=O)O)c12. The van der Waals surface area contributed by atoms with Crippen LogP contribution in [0.5, 0.6) is 0 Å². The van der Waals surface area contributed by atoms with Gasteiger partial charge in [-0.1, -0.05) is 38.1 Å². The molecule has 1 unspecified atom stereocenters. The standard InChI is InChI=1S/C31H39N5O8/c1-20(2)17-21-9-7-10-22-18-23(36(27(21)22)31(42)43)19-35-14-8-12-25(29(35)40)32-28(39)24(33-30(41)44-16-15-37)11-5-6-13-26(38)34(3)4/h6-10,12-14,18,20,24,37H,5,11,15-17,19H2,1-4H3,(H,32,39)(H,33,41)(H,42,43). The summed E-state index contributed by atoms with van der Waals surface area (Å²) in [5.41, 5.74) is 1.17. The number of anilines is 1. The molecule has 2 aromatic heterocycles. The van der Waals surface area contributed by atoms with Crippen molar-refractivity contribution >= 4 is 40.6 Å². The number of carbonyl (C=O) groups is 4. The Hall–Kier alpha value is -4.91. The van der Waals surface area contributed by atoms with Crippen LogP contribution in [0.1, 0.15) is 37.9 Å². The maximum atomic E-state index is 13.4. The van der Waals surface area contributed by atoms with E-state index in [1.165, 1.54) is 32.4 Å². The molecule has 4 N–H and O–H groups in total. The van der Waals surface area contributed by atoms with Gasteiger partial charge in [0.25, 0.3) is 5.56 Å². The van der Waals surface area contributed by atoms with Crippen LogP contribution in [-0.4, -0.2) is 81.6 Å². The highest BCUT2D eigenvalue weighted by Gasteiger charge is 2.23. The summed E-state index contributed by atoms with van der Waals surface area (Å²) in [5, 5.41) is 24.7. The molecule has 1 aromatic carbocycles. The van der Waals surface area contributed by atoms with Crippen LogP contribution in [0.2, 0.25) is 0 Å². The number of nitrogens with zero attached hydrogens (tertiary/aromatic N) is 3. The molecule has 0 bridgehead atoms. The molecule has 1 atom stereocenters. The van der Waals surface area contributed by atoms with Crippen molar-refractivity contribution in [2.45, 2.75) is 45.7 Å². The number of benzene rings is 1. The summed E-state index contributed by atoms with van der Waals surface area (Å²) in [4.78, 5) is 64.3. The van der Waals surface area contributed by atoms with Crippen LogP contribution in [-0.2, 0) is 27.3 Å². The predicted octanol–water partition coefficient (Wildman–Crippen LogP) is 3.03. The zero-order chi connectivity index (χ0) is 32.4. The number of allylic oxidation sites excluding steroid dienone is 1. The monoisotopic (exact) mass is 609 g/mol. The number of rotatable bonds is 13. The van der Waals surface area contributed by atoms with E-state index in [4.69, 9.17) is 9.84 Å². The molecular formula is C31H39N5O8. The highest BCUT2D eigenvalue weighted by Crippen LogP contribution is 2.26. The van der Waals surface area contributed by atoms with E-state index in [1.807, 2.05) is 32.0 Å². The first kappa shape index (κ1) is 33.6. The molecule has 2 heterocycles. The lowest BCUT2D eigenvalue weighted by atomic mass is 10.0. The maximum Gasteiger partial charge on any atom is 0.416 e. The van der Waals surface area contributed by atoms with E-state index in [1.54, 1.807) is 32.3 Å². The van der Waals surface area contributed by atoms with Crippen LogP contribution in [0, 0.1) is 5.92 Å². The van der Waals surface area contributed by atoms with Gasteiger partial charge in [0.1, 0.15) is 18.3 Å². The zero-order valence-corrected chi connectivity index (χ0v) is 25.3. The van der Waals surface area contributed by atoms with Crippen molar-refractivity contribution in [1.29, 1.82) is 0 Å². The van der Waals surface area contributed by atoms with Crippen LogP contribution >= 0.6 is 0 Å². The lowest BCUT2D eigenvalue weighted by Crippen LogP contribution is -2.45. The maximum absolute atomic E-state index is 13.4. The van der Waals surface area contributed by atoms with E-state index in [0.717, 1.165) is 10.9 Å². The van der Waals surface area contributed by atoms with Gasteiger partial charge in [-0.25, -0.2) is 14.2 Å². The third kappa shape index (κ3) is 8.80. The molecule has 0 spiro atoms. The molecule has 44 heavy (non-hydrogen) atoms. The van der Waals surface area contributed by atoms with Gasteiger partial charge < -0.3 is 35.1 Å². The fourth-order valence-corrected chi connectivity index (χ4v) is 4.67. The van der Waals surface area contributed by atoms with Crippen molar-refractivity contribution in [3.05, 3.63) is 76.4 Å². The Labute approximate surface area is 254 Å². The third-order valence-electron chi connectivity index (χ3n) is 6.67. The van der Waals surface area contributed by atoms with E-state index < -0.39 is 36.3 Å². The number of amides is 3. The number of pyridine rings is 1. The van der Waals surface area contributed by atoms with E-state index in [0.29, 0.717) is 23.5 Å². The Morgan fingerprint density at radius 3 is 2.52 bits per heavy atom. The fraction of sp³-hybridized carbons (Fsp3) is 0.387. The molecule has 0 saturated carbocycles. The van der Waals surface area contributed by atoms with Crippen LogP contribution < -0.4 is 16.2 Å². The minimum atomic E-state index is -1.17. The highest BCUT2D eigenvalue weighted by atomic mass is 16.6. The number of likely N-dealkylation sites (N-methyl/N-ethyl adjacent to an activating group) is 1. The Morgan fingerprint density at radius 1 is 1.11 bits per heavy atom. The predicted molar refractivity (Wildman–Crippen MR) is 165 cm³/mol. The Balaban J connectivity index is 1.86. The summed E-state index contributed by atoms with van der Waals surface area (Å²) in [6.45, 7) is 3.35. The average molecular weight is 610 g/mol. The van der Waals surface area contributed by atoms with Crippen molar-refractivity contribution in [3.8, 4) is 0 Å². The highest BCUT2D eigenvalue weighted by molar-refractivity contribution is 5.96. The summed E-state index contributed by atoms with van der Waals surface area (Å²) in [5.74, 6) is -0.647. The molecule has 0 aliphatic carbocycles. The molecule has 13 nitrogen and oxygen atoms in total. The molecule has 0 aliphatic heterocycles. The number of aliphatic hydroxyl groups excluding tert-OH is 1. The van der Waals surface area contributed by atoms with Crippen LogP contribution in [0.15, 0.2) is 59.5 Å². The molecule has 3 rings (SSSR count). The second kappa shape index (κ2) is 15.5. The Bertz CT molecular complexity index is 1590. The number of nitrogens with one attached hydrogen (secondary N) is 2. The zero-order valence-electron chi connectivity index (χ0n) is 25.3. The number of hydrogen-bond acceptors (Lipinski definition) is 7. The molecule has 3 amide bonds. The third-order valence-corrected chi connectivity index (χ3v) is 6.67. The molecular weight excluding hydrogens is 570 g/mol. The number of hydrogen-bond donors (Lipinski definition) is 4. The number of aromatic nitrogens is 2. The molecule has 0 radical (unpaired) electrons. The minimum absolute atomic E-state index is 0.0789. The van der Waals surface area contributed by atoms with Gasteiger partial charge in [-0.15, -0.1) is 0 Å². The minimum Gasteiger partial charge on any atom is -0.464 e. The summed E-state index contributed by atoms with van der Waals surface area (Å²) < 4.78 is 7.30. The first-order valence-corrected chi connectivity index (χ1v) is 14.2. The van der Waals surface area contributed by atoms with Crippen LogP contribution in [0.4, 0.5) is 15.3 Å². The summed E-state index contributed by atoms with van der Waals surface area (Å²) in [7, 11) is 3.19. The van der Waals surface area contributed by atoms with Gasteiger partial charge in [-0.3, -0.25) is 14.4 Å². The van der Waals surface area contributed by atoms with E-state index in [9.17, 15) is 29.1 Å². The van der Waals surface area contributed by atoms with Crippen molar-refractivity contribution in [1.82, 2.24) is 19.4 Å². The van der Waals surface area contributed by atoms with E-state index in [2.05, 4.69) is 10.6 Å². The van der Waals surface area contributed by atoms with Gasteiger partial charge in [-0.05, 0) is 55.0 Å². The van der Waals surface area contributed by atoms with Crippen molar-refractivity contribution in [2.24, 2.45) is 5.92 Å². The Kier molecular flexibility index (Phi) is 11.9. The van der Waals surface area contributed by atoms with Gasteiger partial charge in [0, 0.05) is 25.7 Å². The molecule has 13 heteroatoms. The number of aliphatic hydroxyl groups is 1. The van der Waals surface area contributed by atoms with Crippen molar-refractivity contribution in [2.75, 3.05) is 32.6 Å². The van der Waals surface area contributed by atoms with E-state index >= 15 is 0 Å². The van der Waals surface area contributed by atoms with Crippen molar-refractivity contribution in [3.63, 3.8) is 0 Å². The Morgan fingerprint density at radius 2 is 1.86 bits per heavy atom. The number of ether oxygens (including phenoxy) is 1. The number of carbonyl (C=O) groups excluding carboxylic acids is 3. The number of alkyl carbamates (subject to hydrolysis) is 1. The molecule has 0 aliphatic rings. The number of carboxylic acid groups (broad SMARTS) is 1. The fourth-order valence-electron chi connectivity index (χ4n) is 4.67. The van der Waals surface area contributed by atoms with E-state index in [-0.39, 0.29) is 37.6 Å². The first-order valence-electron chi connectivity index (χ1n) is 14.2.